The van der Waals surface area contributed by atoms with E-state index >= 15 is 8.78 Å². The lowest BCUT2D eigenvalue weighted by Gasteiger charge is -2.63. The van der Waals surface area contributed by atoms with E-state index in [2.05, 4.69) is 41.3 Å². The van der Waals surface area contributed by atoms with Crippen molar-refractivity contribution in [1.82, 2.24) is 4.90 Å². The molecule has 5 aliphatic rings. The summed E-state index contributed by atoms with van der Waals surface area (Å²) in [5.74, 6) is -2.58. The molecular weight excluding hydrogens is 600 g/mol. The number of hydrogen-bond acceptors (Lipinski definition) is 6. The lowest BCUT2D eigenvalue weighted by Crippen LogP contribution is -2.69. The van der Waals surface area contributed by atoms with E-state index in [9.17, 15) is 19.5 Å². The maximum absolute atomic E-state index is 17.7. The molecular formula is C39H43F2NO5. The highest BCUT2D eigenvalue weighted by Gasteiger charge is 2.78. The van der Waals surface area contributed by atoms with Gasteiger partial charge in [0.1, 0.15) is 6.17 Å². The van der Waals surface area contributed by atoms with Crippen LogP contribution in [0.25, 0.3) is 0 Å². The summed E-state index contributed by atoms with van der Waals surface area (Å²) in [6.45, 7) is 6.02. The summed E-state index contributed by atoms with van der Waals surface area (Å²) in [6, 6.07) is 18.8. The summed E-state index contributed by atoms with van der Waals surface area (Å²) in [7, 11) is 0. The topological polar surface area (TPSA) is 83.9 Å². The molecule has 4 fully saturated rings. The molecule has 3 saturated carbocycles. The third kappa shape index (κ3) is 4.72. The number of aliphatic hydroxyl groups is 1. The van der Waals surface area contributed by atoms with Gasteiger partial charge in [-0.1, -0.05) is 67.6 Å². The van der Waals surface area contributed by atoms with Gasteiger partial charge < -0.3 is 9.84 Å². The van der Waals surface area contributed by atoms with Gasteiger partial charge in [0.05, 0.1) is 11.5 Å². The number of ketones is 2. The number of aliphatic hydroxyl groups excluding tert-OH is 1. The summed E-state index contributed by atoms with van der Waals surface area (Å²) in [4.78, 5) is 40.6. The minimum Gasteiger partial charge on any atom is -0.458 e. The second-order valence-corrected chi connectivity index (χ2v) is 15.1. The molecule has 1 aliphatic heterocycles. The van der Waals surface area contributed by atoms with Gasteiger partial charge in [-0.3, -0.25) is 19.3 Å². The Morgan fingerprint density at radius 2 is 1.68 bits per heavy atom. The SMILES string of the molecule is CC(=O)OCC(=O)[C@@]12CN(Cc3ccc(Cc4ccccc4)cc3)C[C@@H]1C[C@H]1[C@@H]3C[C@H](F)C4=CC(=O)C=C[C@]4(C)[C@@]3(F)[C@@H](O)C[C@@]12C. The number of Topliss-reactive ketones (excluding diaryl/α,β-unsaturated/α-hetero) is 1. The Morgan fingerprint density at radius 3 is 2.38 bits per heavy atom. The first-order valence-corrected chi connectivity index (χ1v) is 16.8. The molecule has 0 unspecified atom stereocenters. The monoisotopic (exact) mass is 643 g/mol. The van der Waals surface area contributed by atoms with Crippen molar-refractivity contribution in [2.45, 2.75) is 70.9 Å². The van der Waals surface area contributed by atoms with Gasteiger partial charge in [0.2, 0.25) is 0 Å². The Labute approximate surface area is 274 Å². The molecule has 0 bridgehead atoms. The Morgan fingerprint density at radius 1 is 1.00 bits per heavy atom. The van der Waals surface area contributed by atoms with Gasteiger partial charge in [0.15, 0.2) is 23.8 Å². The van der Waals surface area contributed by atoms with Gasteiger partial charge in [-0.05, 0) is 84.3 Å². The van der Waals surface area contributed by atoms with Crippen LogP contribution < -0.4 is 0 Å². The van der Waals surface area contributed by atoms with Gasteiger partial charge in [0.25, 0.3) is 0 Å². The predicted molar refractivity (Wildman–Crippen MR) is 173 cm³/mol. The number of hydrogen-bond donors (Lipinski definition) is 1. The molecule has 8 heteroatoms. The van der Waals surface area contributed by atoms with Crippen LogP contribution in [0.1, 0.15) is 56.7 Å². The van der Waals surface area contributed by atoms with Crippen molar-refractivity contribution >= 4 is 17.5 Å². The minimum absolute atomic E-state index is 0.0105. The number of nitrogens with zero attached hydrogens (tertiary/aromatic N) is 1. The third-order valence-corrected chi connectivity index (χ3v) is 12.8. The quantitative estimate of drug-likeness (QED) is 0.387. The first kappa shape index (κ1) is 32.1. The number of halogens is 2. The molecule has 1 saturated heterocycles. The molecule has 1 heterocycles. The fourth-order valence-electron chi connectivity index (χ4n) is 10.6. The second kappa shape index (κ2) is 11.3. The minimum atomic E-state index is -2.21. The maximum Gasteiger partial charge on any atom is 0.303 e. The molecule has 2 aromatic carbocycles. The molecule has 0 aromatic heterocycles. The average Bonchev–Trinajstić information content (AvgIpc) is 3.52. The molecule has 248 valence electrons. The van der Waals surface area contributed by atoms with Crippen molar-refractivity contribution in [2.24, 2.45) is 34.0 Å². The number of likely N-dealkylation sites (tertiary alicyclic amines) is 1. The standard InChI is InChI=1S/C39H43F2NO5/c1-24(43)47-22-35(46)38-23-42(20-27-11-9-26(10-12-27)15-25-7-5-4-6-8-25)21-28(38)16-30-31-18-33(40)32-17-29(44)13-14-36(32,2)39(31,41)34(45)19-37(30,38)3/h4-14,17,28,30-31,33-34,45H,15-16,18-23H2,1-3H3/t28-,30-,31-,33-,34-,36-,37-,38+,39-/m0/s1. The van der Waals surface area contributed by atoms with E-state index in [0.29, 0.717) is 26.1 Å². The predicted octanol–water partition coefficient (Wildman–Crippen LogP) is 5.76. The molecule has 47 heavy (non-hydrogen) atoms. The van der Waals surface area contributed by atoms with Crippen LogP contribution in [0.15, 0.2) is 78.4 Å². The molecule has 0 amide bonds. The van der Waals surface area contributed by atoms with Gasteiger partial charge in [-0.2, -0.15) is 0 Å². The van der Waals surface area contributed by atoms with Crippen molar-refractivity contribution in [3.63, 3.8) is 0 Å². The highest BCUT2D eigenvalue weighted by Crippen LogP contribution is 2.74. The summed E-state index contributed by atoms with van der Waals surface area (Å²) in [6.07, 6.45) is 2.09. The first-order valence-electron chi connectivity index (χ1n) is 16.8. The van der Waals surface area contributed by atoms with Crippen molar-refractivity contribution in [1.29, 1.82) is 0 Å². The number of alkyl halides is 2. The van der Waals surface area contributed by atoms with Crippen molar-refractivity contribution in [3.8, 4) is 0 Å². The average molecular weight is 644 g/mol. The van der Waals surface area contributed by atoms with E-state index in [0.717, 1.165) is 12.0 Å². The van der Waals surface area contributed by atoms with Crippen LogP contribution in [0.4, 0.5) is 8.78 Å². The van der Waals surface area contributed by atoms with Crippen LogP contribution >= 0.6 is 0 Å². The summed E-state index contributed by atoms with van der Waals surface area (Å²) >= 11 is 0. The second-order valence-electron chi connectivity index (χ2n) is 15.1. The molecule has 0 spiro atoms. The molecule has 2 aromatic rings. The molecule has 6 nitrogen and oxygen atoms in total. The van der Waals surface area contributed by atoms with Gasteiger partial charge in [-0.25, -0.2) is 8.78 Å². The number of esters is 1. The van der Waals surface area contributed by atoms with Crippen LogP contribution in [-0.2, 0) is 32.1 Å². The summed E-state index contributed by atoms with van der Waals surface area (Å²) < 4.78 is 39.0. The number of allylic oxidation sites excluding steroid dienone is 4. The van der Waals surface area contributed by atoms with Crippen LogP contribution in [-0.4, -0.2) is 65.2 Å². The number of ether oxygens (including phenoxy) is 1. The normalized spacial score (nSPS) is 39.0. The van der Waals surface area contributed by atoms with E-state index in [1.165, 1.54) is 36.3 Å². The maximum atomic E-state index is 17.7. The Kier molecular flexibility index (Phi) is 7.71. The van der Waals surface area contributed by atoms with E-state index in [1.807, 2.05) is 25.1 Å². The number of fused-ring (bicyclic) bond motifs is 7. The molecule has 9 atom stereocenters. The Hall–Kier alpha value is -3.49. The van der Waals surface area contributed by atoms with Gasteiger partial charge >= 0.3 is 5.97 Å². The zero-order chi connectivity index (χ0) is 33.4. The van der Waals surface area contributed by atoms with Crippen molar-refractivity contribution in [2.75, 3.05) is 19.7 Å². The molecule has 7 rings (SSSR count). The third-order valence-electron chi connectivity index (χ3n) is 12.8. The number of carbonyl (C=O) groups excluding carboxylic acids is 3. The Balaban J connectivity index is 1.19. The number of carbonyl (C=O) groups is 3. The van der Waals surface area contributed by atoms with Crippen LogP contribution in [0.2, 0.25) is 0 Å². The zero-order valence-corrected chi connectivity index (χ0v) is 27.3. The van der Waals surface area contributed by atoms with E-state index in [1.54, 1.807) is 6.92 Å². The van der Waals surface area contributed by atoms with Gasteiger partial charge in [0, 0.05) is 37.9 Å². The highest BCUT2D eigenvalue weighted by atomic mass is 19.1. The van der Waals surface area contributed by atoms with E-state index in [-0.39, 0.29) is 48.4 Å². The van der Waals surface area contributed by atoms with Crippen molar-refractivity contribution in [3.05, 3.63) is 95.1 Å². The number of rotatable bonds is 7. The van der Waals surface area contributed by atoms with Crippen LogP contribution in [0.3, 0.4) is 0 Å². The van der Waals surface area contributed by atoms with Crippen molar-refractivity contribution < 1.29 is 33.0 Å². The molecule has 1 N–H and O–H groups in total. The fraction of sp³-hybridized carbons (Fsp3) is 0.513. The van der Waals surface area contributed by atoms with Crippen LogP contribution in [0, 0.1) is 34.0 Å². The fourth-order valence-corrected chi connectivity index (χ4v) is 10.6. The smallest absolute Gasteiger partial charge is 0.303 e. The lowest BCUT2D eigenvalue weighted by atomic mass is 9.43. The van der Waals surface area contributed by atoms with Crippen LogP contribution in [0.5, 0.6) is 0 Å². The Bertz CT molecular complexity index is 1660. The summed E-state index contributed by atoms with van der Waals surface area (Å²) in [5, 5.41) is 11.8. The molecule has 4 aliphatic carbocycles. The summed E-state index contributed by atoms with van der Waals surface area (Å²) in [5.41, 5.74) is -1.92. The van der Waals surface area contributed by atoms with E-state index in [4.69, 9.17) is 4.74 Å². The van der Waals surface area contributed by atoms with E-state index < -0.39 is 46.1 Å². The van der Waals surface area contributed by atoms with Gasteiger partial charge in [-0.15, -0.1) is 0 Å². The first-order chi connectivity index (χ1) is 22.3. The lowest BCUT2D eigenvalue weighted by molar-refractivity contribution is -0.212. The highest BCUT2D eigenvalue weighted by molar-refractivity contribution is 6.01. The zero-order valence-electron chi connectivity index (χ0n) is 27.3. The largest absolute Gasteiger partial charge is 0.458 e. The molecule has 0 radical (unpaired) electrons. The number of benzene rings is 2.